The van der Waals surface area contributed by atoms with Gasteiger partial charge in [0.15, 0.2) is 23.9 Å². The van der Waals surface area contributed by atoms with Crippen LogP contribution in [0.2, 0.25) is 0 Å². The van der Waals surface area contributed by atoms with Gasteiger partial charge in [-0.3, -0.25) is 15.2 Å². The highest BCUT2D eigenvalue weighted by molar-refractivity contribution is 5.95. The Morgan fingerprint density at radius 3 is 2.50 bits per heavy atom. The number of nitrogens with two attached hydrogens (primary N) is 1. The molecule has 0 saturated heterocycles. The molecule has 0 aliphatic rings. The SMILES string of the molecule is COc1cc(C(Nc2ccc(C(=N)N)cc2)c2nn(-c3ncccn3)c(=O)[nH]2)ccc1OCC(=O)N(C)C. The van der Waals surface area contributed by atoms with Crippen LogP contribution in [0.25, 0.3) is 5.95 Å². The minimum Gasteiger partial charge on any atom is -0.493 e. The molecule has 4 aromatic rings. The summed E-state index contributed by atoms with van der Waals surface area (Å²) in [5.41, 5.74) is 6.99. The fourth-order valence-electron chi connectivity index (χ4n) is 3.48. The van der Waals surface area contributed by atoms with Crippen LogP contribution in [0.4, 0.5) is 5.69 Å². The predicted octanol–water partition coefficient (Wildman–Crippen LogP) is 1.31. The zero-order valence-electron chi connectivity index (χ0n) is 21.0. The van der Waals surface area contributed by atoms with Crippen LogP contribution in [-0.4, -0.2) is 69.2 Å². The minimum atomic E-state index is -0.651. The van der Waals surface area contributed by atoms with E-state index in [2.05, 4.69) is 25.4 Å². The summed E-state index contributed by atoms with van der Waals surface area (Å²) in [7, 11) is 4.78. The van der Waals surface area contributed by atoms with E-state index in [9.17, 15) is 9.59 Å². The zero-order chi connectivity index (χ0) is 27.2. The maximum Gasteiger partial charge on any atom is 0.350 e. The Labute approximate surface area is 217 Å². The number of carbonyl (C=O) groups is 1. The normalized spacial score (nSPS) is 11.4. The molecule has 196 valence electrons. The highest BCUT2D eigenvalue weighted by Crippen LogP contribution is 2.33. The van der Waals surface area contributed by atoms with Gasteiger partial charge in [-0.15, -0.1) is 9.78 Å². The van der Waals surface area contributed by atoms with E-state index in [1.807, 2.05) is 0 Å². The minimum absolute atomic E-state index is 0.0490. The Morgan fingerprint density at radius 2 is 1.87 bits per heavy atom. The molecule has 13 nitrogen and oxygen atoms in total. The zero-order valence-corrected chi connectivity index (χ0v) is 21.0. The Morgan fingerprint density at radius 1 is 1.16 bits per heavy atom. The molecule has 0 aliphatic heterocycles. The molecule has 2 aromatic carbocycles. The topological polar surface area (TPSA) is 177 Å². The van der Waals surface area contributed by atoms with Gasteiger partial charge < -0.3 is 25.4 Å². The summed E-state index contributed by atoms with van der Waals surface area (Å²) in [6.45, 7) is -0.151. The highest BCUT2D eigenvalue weighted by Gasteiger charge is 2.23. The Kier molecular flexibility index (Phi) is 7.66. The molecule has 1 atom stereocenters. The van der Waals surface area contributed by atoms with E-state index < -0.39 is 11.7 Å². The van der Waals surface area contributed by atoms with E-state index in [1.54, 1.807) is 62.6 Å². The van der Waals surface area contributed by atoms with E-state index >= 15 is 0 Å². The maximum absolute atomic E-state index is 12.7. The van der Waals surface area contributed by atoms with Gasteiger partial charge in [0.1, 0.15) is 11.9 Å². The summed E-state index contributed by atoms with van der Waals surface area (Å²) in [4.78, 5) is 37.1. The van der Waals surface area contributed by atoms with Crippen molar-refractivity contribution >= 4 is 17.4 Å². The molecular formula is C25H27N9O4. The first-order chi connectivity index (χ1) is 18.3. The van der Waals surface area contributed by atoms with Crippen LogP contribution in [0.5, 0.6) is 11.5 Å². The number of nitrogens with zero attached hydrogens (tertiary/aromatic N) is 5. The monoisotopic (exact) mass is 517 g/mol. The van der Waals surface area contributed by atoms with E-state index in [0.29, 0.717) is 28.3 Å². The molecule has 2 heterocycles. The van der Waals surface area contributed by atoms with Gasteiger partial charge in [-0.1, -0.05) is 6.07 Å². The first kappa shape index (κ1) is 25.9. The van der Waals surface area contributed by atoms with Crippen LogP contribution in [0.1, 0.15) is 23.0 Å². The number of rotatable bonds is 10. The number of hydrogen-bond acceptors (Lipinski definition) is 9. The van der Waals surface area contributed by atoms with Crippen molar-refractivity contribution in [2.24, 2.45) is 5.73 Å². The van der Waals surface area contributed by atoms with Gasteiger partial charge in [0.05, 0.1) is 7.11 Å². The number of aromatic nitrogens is 5. The Balaban J connectivity index is 1.72. The molecule has 2 aromatic heterocycles. The molecule has 5 N–H and O–H groups in total. The molecule has 0 spiro atoms. The van der Waals surface area contributed by atoms with Crippen molar-refractivity contribution in [1.29, 1.82) is 5.41 Å². The number of likely N-dealkylation sites (N-methyl/N-ethyl adjacent to an activating group) is 1. The average Bonchev–Trinajstić information content (AvgIpc) is 3.32. The molecule has 0 fully saturated rings. The molecule has 0 radical (unpaired) electrons. The molecular weight excluding hydrogens is 490 g/mol. The van der Waals surface area contributed by atoms with Gasteiger partial charge in [-0.2, -0.15) is 0 Å². The smallest absolute Gasteiger partial charge is 0.350 e. The van der Waals surface area contributed by atoms with E-state index in [-0.39, 0.29) is 30.1 Å². The number of anilines is 1. The van der Waals surface area contributed by atoms with Crippen molar-refractivity contribution in [2.75, 3.05) is 33.1 Å². The number of carbonyl (C=O) groups excluding carboxylic acids is 1. The lowest BCUT2D eigenvalue weighted by Crippen LogP contribution is -2.27. The van der Waals surface area contributed by atoms with Crippen molar-refractivity contribution < 1.29 is 14.3 Å². The summed E-state index contributed by atoms with van der Waals surface area (Å²) in [6, 6.07) is 13.1. The first-order valence-corrected chi connectivity index (χ1v) is 11.5. The fraction of sp³-hybridized carbons (Fsp3) is 0.200. The second-order valence-electron chi connectivity index (χ2n) is 8.33. The number of benzene rings is 2. The largest absolute Gasteiger partial charge is 0.493 e. The van der Waals surface area contributed by atoms with Crippen LogP contribution in [0.3, 0.4) is 0 Å². The van der Waals surface area contributed by atoms with Crippen LogP contribution in [0, 0.1) is 5.41 Å². The summed E-state index contributed by atoms with van der Waals surface area (Å²) in [5.74, 6) is 0.935. The van der Waals surface area contributed by atoms with Crippen LogP contribution < -0.4 is 26.2 Å². The molecule has 0 saturated carbocycles. The van der Waals surface area contributed by atoms with Crippen molar-refractivity contribution in [3.63, 3.8) is 0 Å². The van der Waals surface area contributed by atoms with E-state index in [4.69, 9.17) is 20.6 Å². The number of aromatic amines is 1. The number of methoxy groups -OCH3 is 1. The van der Waals surface area contributed by atoms with Gasteiger partial charge >= 0.3 is 5.69 Å². The molecule has 38 heavy (non-hydrogen) atoms. The molecule has 0 bridgehead atoms. The standard InChI is InChI=1S/C25H27N9O4/c1-33(2)20(35)14-38-18-10-7-16(13-19(18)37-3)21(30-17-8-5-15(6-9-17)22(26)27)23-31-25(36)34(32-23)24-28-11-4-12-29-24/h4-13,21,30H,14H2,1-3H3,(H3,26,27)(H,31,32,36). The van der Waals surface area contributed by atoms with Gasteiger partial charge in [0.25, 0.3) is 11.9 Å². The van der Waals surface area contributed by atoms with Crippen molar-refractivity contribution in [1.82, 2.24) is 29.6 Å². The average molecular weight is 518 g/mol. The lowest BCUT2D eigenvalue weighted by Gasteiger charge is -2.20. The van der Waals surface area contributed by atoms with E-state index in [1.165, 1.54) is 24.4 Å². The van der Waals surface area contributed by atoms with Gasteiger partial charge in [0, 0.05) is 37.7 Å². The third-order valence-corrected chi connectivity index (χ3v) is 5.53. The lowest BCUT2D eigenvalue weighted by atomic mass is 10.0. The van der Waals surface area contributed by atoms with Crippen molar-refractivity contribution in [2.45, 2.75) is 6.04 Å². The number of nitrogen functional groups attached to an aromatic ring is 1. The van der Waals surface area contributed by atoms with E-state index in [0.717, 1.165) is 4.68 Å². The van der Waals surface area contributed by atoms with Gasteiger partial charge in [-0.25, -0.2) is 14.8 Å². The molecule has 4 rings (SSSR count). The van der Waals surface area contributed by atoms with Gasteiger partial charge in [-0.05, 0) is 48.0 Å². The third-order valence-electron chi connectivity index (χ3n) is 5.53. The lowest BCUT2D eigenvalue weighted by molar-refractivity contribution is -0.130. The number of ether oxygens (including phenoxy) is 2. The Hall–Kier alpha value is -5.20. The molecule has 1 amide bonds. The third kappa shape index (κ3) is 5.78. The Bertz CT molecular complexity index is 1480. The van der Waals surface area contributed by atoms with Crippen LogP contribution in [-0.2, 0) is 4.79 Å². The van der Waals surface area contributed by atoms with Crippen molar-refractivity contribution in [3.05, 3.63) is 88.4 Å². The second-order valence-corrected chi connectivity index (χ2v) is 8.33. The van der Waals surface area contributed by atoms with Crippen molar-refractivity contribution in [3.8, 4) is 17.4 Å². The van der Waals surface area contributed by atoms with Crippen LogP contribution >= 0.6 is 0 Å². The number of amides is 1. The second kappa shape index (κ2) is 11.2. The molecule has 13 heteroatoms. The quantitative estimate of drug-likeness (QED) is 0.178. The number of H-pyrrole nitrogens is 1. The fourth-order valence-corrected chi connectivity index (χ4v) is 3.48. The molecule has 0 aliphatic carbocycles. The number of nitrogens with one attached hydrogen (secondary N) is 3. The number of amidine groups is 1. The van der Waals surface area contributed by atoms with Gasteiger partial charge in [0.2, 0.25) is 0 Å². The number of hydrogen-bond donors (Lipinski definition) is 4. The summed E-state index contributed by atoms with van der Waals surface area (Å²) < 4.78 is 12.3. The maximum atomic E-state index is 12.7. The summed E-state index contributed by atoms with van der Waals surface area (Å²) >= 11 is 0. The summed E-state index contributed by atoms with van der Waals surface area (Å²) in [5, 5.41) is 15.4. The van der Waals surface area contributed by atoms with Crippen LogP contribution in [0.15, 0.2) is 65.7 Å². The summed E-state index contributed by atoms with van der Waals surface area (Å²) in [6.07, 6.45) is 3.03. The highest BCUT2D eigenvalue weighted by atomic mass is 16.5. The first-order valence-electron chi connectivity index (χ1n) is 11.5. The predicted molar refractivity (Wildman–Crippen MR) is 140 cm³/mol. The molecule has 1 unspecified atom stereocenters.